The van der Waals surface area contributed by atoms with Crippen molar-refractivity contribution >= 4 is 0 Å². The largest absolute Gasteiger partial charge is 0.491 e. The summed E-state index contributed by atoms with van der Waals surface area (Å²) in [4.78, 5) is 0. The predicted molar refractivity (Wildman–Crippen MR) is 67.7 cm³/mol. The van der Waals surface area contributed by atoms with Gasteiger partial charge in [-0.1, -0.05) is 0 Å². The lowest BCUT2D eigenvalue weighted by Crippen LogP contribution is -2.19. The second-order valence-corrected chi connectivity index (χ2v) is 4.36. The van der Waals surface area contributed by atoms with Gasteiger partial charge in [0.25, 0.3) is 0 Å². The minimum absolute atomic E-state index is 0.0203. The fourth-order valence-corrected chi connectivity index (χ4v) is 1.83. The zero-order valence-electron chi connectivity index (χ0n) is 11.5. The van der Waals surface area contributed by atoms with Crippen LogP contribution < -0.4 is 19.5 Å². The van der Waals surface area contributed by atoms with Crippen LogP contribution in [0.25, 0.3) is 0 Å². The SMILES string of the molecule is CNCc1cc2c(cc1OCCOCC(F)(F)F)OCO2. The van der Waals surface area contributed by atoms with Crippen LogP contribution in [-0.4, -0.2) is 39.8 Å². The summed E-state index contributed by atoms with van der Waals surface area (Å²) in [5, 5.41) is 2.98. The van der Waals surface area contributed by atoms with E-state index in [1.165, 1.54) is 0 Å². The van der Waals surface area contributed by atoms with Crippen LogP contribution in [0.3, 0.4) is 0 Å². The molecule has 1 N–H and O–H groups in total. The van der Waals surface area contributed by atoms with Gasteiger partial charge in [-0.25, -0.2) is 0 Å². The quantitative estimate of drug-likeness (QED) is 0.782. The third-order valence-electron chi connectivity index (χ3n) is 2.67. The third-order valence-corrected chi connectivity index (χ3v) is 2.67. The van der Waals surface area contributed by atoms with Gasteiger partial charge in [-0.05, 0) is 13.1 Å². The molecule has 0 aromatic heterocycles. The van der Waals surface area contributed by atoms with Gasteiger partial charge in [-0.3, -0.25) is 0 Å². The normalized spacial score (nSPS) is 13.5. The second-order valence-electron chi connectivity index (χ2n) is 4.36. The molecule has 5 nitrogen and oxygen atoms in total. The van der Waals surface area contributed by atoms with E-state index in [0.717, 1.165) is 5.56 Å². The van der Waals surface area contributed by atoms with Gasteiger partial charge in [0.05, 0.1) is 6.61 Å². The molecule has 2 rings (SSSR count). The first-order valence-corrected chi connectivity index (χ1v) is 6.34. The van der Waals surface area contributed by atoms with Crippen LogP contribution in [0.15, 0.2) is 12.1 Å². The average molecular weight is 307 g/mol. The van der Waals surface area contributed by atoms with Crippen LogP contribution in [0.5, 0.6) is 17.2 Å². The maximum atomic E-state index is 11.9. The molecule has 0 atom stereocenters. The highest BCUT2D eigenvalue weighted by atomic mass is 19.4. The fraction of sp³-hybridized carbons (Fsp3) is 0.538. The fourth-order valence-electron chi connectivity index (χ4n) is 1.83. The third kappa shape index (κ3) is 4.68. The highest BCUT2D eigenvalue weighted by molar-refractivity contribution is 5.51. The van der Waals surface area contributed by atoms with Crippen LogP contribution in [0, 0.1) is 0 Å². The Bertz CT molecular complexity index is 479. The van der Waals surface area contributed by atoms with Gasteiger partial charge >= 0.3 is 6.18 Å². The van der Waals surface area contributed by atoms with Gasteiger partial charge in [0, 0.05) is 18.2 Å². The Morgan fingerprint density at radius 3 is 2.57 bits per heavy atom. The Balaban J connectivity index is 1.89. The lowest BCUT2D eigenvalue weighted by atomic mass is 10.1. The lowest BCUT2D eigenvalue weighted by Gasteiger charge is -2.13. The number of fused-ring (bicyclic) bond motifs is 1. The van der Waals surface area contributed by atoms with Gasteiger partial charge in [0.15, 0.2) is 11.5 Å². The van der Waals surface area contributed by atoms with Crippen molar-refractivity contribution < 1.29 is 32.1 Å². The predicted octanol–water partition coefficient (Wildman–Crippen LogP) is 2.09. The van der Waals surface area contributed by atoms with Crippen molar-refractivity contribution in [3.05, 3.63) is 17.7 Å². The maximum absolute atomic E-state index is 11.9. The molecule has 1 aromatic rings. The molecule has 8 heteroatoms. The highest BCUT2D eigenvalue weighted by Gasteiger charge is 2.27. The van der Waals surface area contributed by atoms with Crippen LogP contribution in [0.2, 0.25) is 0 Å². The molecule has 1 aliphatic heterocycles. The molecule has 0 aliphatic carbocycles. The molecule has 0 spiro atoms. The summed E-state index contributed by atoms with van der Waals surface area (Å²) < 4.78 is 56.2. The van der Waals surface area contributed by atoms with E-state index in [1.807, 2.05) is 0 Å². The summed E-state index contributed by atoms with van der Waals surface area (Å²) in [6.07, 6.45) is -4.32. The molecular formula is C13H16F3NO4. The van der Waals surface area contributed by atoms with E-state index in [0.29, 0.717) is 23.8 Å². The summed E-state index contributed by atoms with van der Waals surface area (Å²) >= 11 is 0. The Labute approximate surface area is 119 Å². The number of halogens is 3. The van der Waals surface area contributed by atoms with Crippen molar-refractivity contribution in [2.45, 2.75) is 12.7 Å². The molecule has 0 saturated heterocycles. The number of nitrogens with one attached hydrogen (secondary N) is 1. The first-order valence-electron chi connectivity index (χ1n) is 6.34. The summed E-state index contributed by atoms with van der Waals surface area (Å²) in [5.74, 6) is 1.71. The molecule has 0 saturated carbocycles. The summed E-state index contributed by atoms with van der Waals surface area (Å²) in [7, 11) is 1.78. The zero-order valence-corrected chi connectivity index (χ0v) is 11.5. The maximum Gasteiger partial charge on any atom is 0.411 e. The van der Waals surface area contributed by atoms with Gasteiger partial charge in [-0.15, -0.1) is 0 Å². The van der Waals surface area contributed by atoms with E-state index < -0.39 is 12.8 Å². The Hall–Kier alpha value is -1.67. The molecule has 0 unspecified atom stereocenters. The number of hydrogen-bond donors (Lipinski definition) is 1. The molecular weight excluding hydrogens is 291 g/mol. The zero-order chi connectivity index (χ0) is 15.3. The summed E-state index contributed by atoms with van der Waals surface area (Å²) in [5.41, 5.74) is 0.831. The first kappa shape index (κ1) is 15.7. The van der Waals surface area contributed by atoms with E-state index in [2.05, 4.69) is 10.1 Å². The Kier molecular flexibility index (Phi) is 5.13. The van der Waals surface area contributed by atoms with Crippen LogP contribution in [0.4, 0.5) is 13.2 Å². The average Bonchev–Trinajstić information content (AvgIpc) is 2.84. The lowest BCUT2D eigenvalue weighted by molar-refractivity contribution is -0.175. The summed E-state index contributed by atoms with van der Waals surface area (Å²) in [6, 6.07) is 3.45. The van der Waals surface area contributed by atoms with Gasteiger partial charge in [0.1, 0.15) is 19.0 Å². The summed E-state index contributed by atoms with van der Waals surface area (Å²) in [6.45, 7) is -0.720. The van der Waals surface area contributed by atoms with Crippen molar-refractivity contribution in [1.29, 1.82) is 0 Å². The van der Waals surface area contributed by atoms with Gasteiger partial charge < -0.3 is 24.3 Å². The van der Waals surface area contributed by atoms with Crippen molar-refractivity contribution in [2.75, 3.05) is 33.7 Å². The Morgan fingerprint density at radius 2 is 1.90 bits per heavy atom. The molecule has 0 fully saturated rings. The van der Waals surface area contributed by atoms with E-state index in [4.69, 9.17) is 14.2 Å². The van der Waals surface area contributed by atoms with Crippen LogP contribution >= 0.6 is 0 Å². The smallest absolute Gasteiger partial charge is 0.411 e. The molecule has 0 amide bonds. The Morgan fingerprint density at radius 1 is 1.19 bits per heavy atom. The first-order chi connectivity index (χ1) is 9.99. The van der Waals surface area contributed by atoms with Gasteiger partial charge in [-0.2, -0.15) is 13.2 Å². The molecule has 21 heavy (non-hydrogen) atoms. The standard InChI is InChI=1S/C13H16F3NO4/c1-17-6-9-4-11-12(21-8-20-11)5-10(9)19-3-2-18-7-13(14,15)16/h4-5,17H,2-3,6-8H2,1H3. The van der Waals surface area contributed by atoms with Crippen LogP contribution in [0.1, 0.15) is 5.56 Å². The molecule has 1 aromatic carbocycles. The number of benzene rings is 1. The van der Waals surface area contributed by atoms with E-state index >= 15 is 0 Å². The number of ether oxygens (including phenoxy) is 4. The minimum Gasteiger partial charge on any atom is -0.491 e. The number of alkyl halides is 3. The second kappa shape index (κ2) is 6.86. The molecule has 118 valence electrons. The van der Waals surface area contributed by atoms with Crippen molar-refractivity contribution in [3.63, 3.8) is 0 Å². The minimum atomic E-state index is -4.32. The van der Waals surface area contributed by atoms with Crippen molar-refractivity contribution in [2.24, 2.45) is 0 Å². The van der Waals surface area contributed by atoms with Gasteiger partial charge in [0.2, 0.25) is 6.79 Å². The highest BCUT2D eigenvalue weighted by Crippen LogP contribution is 2.38. The van der Waals surface area contributed by atoms with E-state index in [-0.39, 0.29) is 20.0 Å². The van der Waals surface area contributed by atoms with Crippen molar-refractivity contribution in [3.8, 4) is 17.2 Å². The van der Waals surface area contributed by atoms with E-state index in [1.54, 1.807) is 19.2 Å². The molecule has 1 heterocycles. The number of rotatable bonds is 7. The van der Waals surface area contributed by atoms with Crippen molar-refractivity contribution in [1.82, 2.24) is 5.32 Å². The molecule has 0 radical (unpaired) electrons. The molecule has 0 bridgehead atoms. The monoisotopic (exact) mass is 307 g/mol. The molecule has 1 aliphatic rings. The van der Waals surface area contributed by atoms with E-state index in [9.17, 15) is 13.2 Å². The number of hydrogen-bond acceptors (Lipinski definition) is 5. The topological polar surface area (TPSA) is 49.0 Å². The van der Waals surface area contributed by atoms with Crippen LogP contribution in [-0.2, 0) is 11.3 Å².